The van der Waals surface area contributed by atoms with Crippen LogP contribution in [0.5, 0.6) is 0 Å². The summed E-state index contributed by atoms with van der Waals surface area (Å²) >= 11 is 5.33. The third kappa shape index (κ3) is 2.12. The molecule has 56 valence electrons. The molecule has 0 amide bonds. The van der Waals surface area contributed by atoms with E-state index in [1.54, 1.807) is 0 Å². The Balaban J connectivity index is 0.000000810. The first kappa shape index (κ1) is 9.66. The van der Waals surface area contributed by atoms with Crippen molar-refractivity contribution in [3.8, 4) is 0 Å². The van der Waals surface area contributed by atoms with E-state index in [4.69, 9.17) is 11.6 Å². The summed E-state index contributed by atoms with van der Waals surface area (Å²) in [5, 5.41) is 0. The fraction of sp³-hybridized carbons (Fsp3) is 0.167. The molecular formula is C6H6Cl2FN. The molecule has 10 heavy (non-hydrogen) atoms. The minimum Gasteiger partial charge on any atom is -0.257 e. The first-order valence-electron chi connectivity index (χ1n) is 2.50. The van der Waals surface area contributed by atoms with E-state index in [1.807, 2.05) is 0 Å². The lowest BCUT2D eigenvalue weighted by Crippen LogP contribution is -1.88. The molecule has 0 aliphatic carbocycles. The first-order chi connectivity index (χ1) is 4.34. The number of hydrogen-bond acceptors (Lipinski definition) is 1. The van der Waals surface area contributed by atoms with E-state index in [2.05, 4.69) is 4.98 Å². The molecule has 0 saturated heterocycles. The van der Waals surface area contributed by atoms with E-state index in [0.717, 1.165) is 0 Å². The summed E-state index contributed by atoms with van der Waals surface area (Å²) < 4.78 is 12.4. The van der Waals surface area contributed by atoms with Crippen LogP contribution in [0, 0.1) is 5.82 Å². The lowest BCUT2D eigenvalue weighted by Gasteiger charge is -1.92. The topological polar surface area (TPSA) is 12.9 Å². The van der Waals surface area contributed by atoms with Gasteiger partial charge in [-0.25, -0.2) is 4.39 Å². The van der Waals surface area contributed by atoms with Crippen molar-refractivity contribution in [2.24, 2.45) is 0 Å². The zero-order valence-corrected chi connectivity index (χ0v) is 6.62. The summed E-state index contributed by atoms with van der Waals surface area (Å²) in [6.45, 7) is 0. The largest absolute Gasteiger partial charge is 0.257 e. The van der Waals surface area contributed by atoms with E-state index in [0.29, 0.717) is 5.69 Å². The molecule has 0 N–H and O–H groups in total. The van der Waals surface area contributed by atoms with Gasteiger partial charge < -0.3 is 0 Å². The van der Waals surface area contributed by atoms with Crippen LogP contribution in [0.25, 0.3) is 0 Å². The molecule has 0 bridgehead atoms. The predicted octanol–water partition coefficient (Wildman–Crippen LogP) is 2.38. The SMILES string of the molecule is Cl.Fc1cccnc1CCl. The molecule has 1 nitrogen and oxygen atoms in total. The van der Waals surface area contributed by atoms with E-state index in [-0.39, 0.29) is 24.1 Å². The second-order valence-electron chi connectivity index (χ2n) is 1.57. The van der Waals surface area contributed by atoms with Gasteiger partial charge in [-0.1, -0.05) is 0 Å². The molecule has 1 heterocycles. The van der Waals surface area contributed by atoms with Crippen molar-refractivity contribution in [2.45, 2.75) is 5.88 Å². The average molecular weight is 182 g/mol. The van der Waals surface area contributed by atoms with Gasteiger partial charge in [-0.2, -0.15) is 0 Å². The van der Waals surface area contributed by atoms with Crippen molar-refractivity contribution in [3.63, 3.8) is 0 Å². The van der Waals surface area contributed by atoms with Crippen LogP contribution < -0.4 is 0 Å². The Morgan fingerprint density at radius 2 is 2.30 bits per heavy atom. The van der Waals surface area contributed by atoms with Crippen molar-refractivity contribution in [1.82, 2.24) is 4.98 Å². The van der Waals surface area contributed by atoms with Crippen LogP contribution in [-0.2, 0) is 5.88 Å². The minimum absolute atomic E-state index is 0. The Hall–Kier alpha value is -0.340. The predicted molar refractivity (Wildman–Crippen MR) is 41.0 cm³/mol. The number of hydrogen-bond donors (Lipinski definition) is 0. The maximum atomic E-state index is 12.4. The maximum Gasteiger partial charge on any atom is 0.145 e. The molecule has 0 saturated carbocycles. The van der Waals surface area contributed by atoms with E-state index >= 15 is 0 Å². The first-order valence-corrected chi connectivity index (χ1v) is 3.03. The third-order valence-corrected chi connectivity index (χ3v) is 1.21. The standard InChI is InChI=1S/C6H5ClFN.ClH/c7-4-6-5(8)2-1-3-9-6;/h1-3H,4H2;1H. The normalized spacial score (nSPS) is 8.60. The van der Waals surface area contributed by atoms with E-state index < -0.39 is 0 Å². The van der Waals surface area contributed by atoms with Crippen LogP contribution >= 0.6 is 24.0 Å². The fourth-order valence-corrected chi connectivity index (χ4v) is 0.713. The Kier molecular flexibility index (Phi) is 4.32. The molecular weight excluding hydrogens is 176 g/mol. The lowest BCUT2D eigenvalue weighted by atomic mass is 10.4. The van der Waals surface area contributed by atoms with Gasteiger partial charge in [0.1, 0.15) is 5.82 Å². The van der Waals surface area contributed by atoms with Crippen molar-refractivity contribution in [3.05, 3.63) is 29.8 Å². The van der Waals surface area contributed by atoms with Crippen molar-refractivity contribution >= 4 is 24.0 Å². The summed E-state index contributed by atoms with van der Waals surface area (Å²) in [5.74, 6) is -0.209. The molecule has 0 aromatic carbocycles. The zero-order chi connectivity index (χ0) is 6.69. The lowest BCUT2D eigenvalue weighted by molar-refractivity contribution is 0.608. The monoisotopic (exact) mass is 181 g/mol. The molecule has 1 aromatic rings. The summed E-state index contributed by atoms with van der Waals surface area (Å²) in [5.41, 5.74) is 0.305. The van der Waals surface area contributed by atoms with Crippen molar-refractivity contribution in [2.75, 3.05) is 0 Å². The van der Waals surface area contributed by atoms with Gasteiger partial charge >= 0.3 is 0 Å². The fourth-order valence-electron chi connectivity index (χ4n) is 0.517. The van der Waals surface area contributed by atoms with Crippen LogP contribution in [0.4, 0.5) is 4.39 Å². The van der Waals surface area contributed by atoms with Gasteiger partial charge in [-0.05, 0) is 12.1 Å². The van der Waals surface area contributed by atoms with Gasteiger partial charge in [0.2, 0.25) is 0 Å². The van der Waals surface area contributed by atoms with Gasteiger partial charge in [0.05, 0.1) is 11.6 Å². The van der Waals surface area contributed by atoms with Crippen LogP contribution in [0.3, 0.4) is 0 Å². The smallest absolute Gasteiger partial charge is 0.145 e. The Morgan fingerprint density at radius 3 is 2.70 bits per heavy atom. The van der Waals surface area contributed by atoms with Crippen LogP contribution in [0.2, 0.25) is 0 Å². The summed E-state index contributed by atoms with van der Waals surface area (Å²) in [6, 6.07) is 2.87. The van der Waals surface area contributed by atoms with Crippen molar-refractivity contribution < 1.29 is 4.39 Å². The molecule has 0 radical (unpaired) electrons. The molecule has 0 atom stereocenters. The zero-order valence-electron chi connectivity index (χ0n) is 5.05. The summed E-state index contributed by atoms with van der Waals surface area (Å²) in [6.07, 6.45) is 1.51. The quantitative estimate of drug-likeness (QED) is 0.607. The van der Waals surface area contributed by atoms with Crippen LogP contribution in [0.15, 0.2) is 18.3 Å². The second-order valence-corrected chi connectivity index (χ2v) is 1.83. The van der Waals surface area contributed by atoms with Crippen molar-refractivity contribution in [1.29, 1.82) is 0 Å². The number of pyridine rings is 1. The molecule has 0 aliphatic rings. The van der Waals surface area contributed by atoms with Gasteiger partial charge in [0.15, 0.2) is 0 Å². The van der Waals surface area contributed by atoms with E-state index in [9.17, 15) is 4.39 Å². The van der Waals surface area contributed by atoms with Gasteiger partial charge in [0, 0.05) is 6.20 Å². The number of aromatic nitrogens is 1. The highest BCUT2D eigenvalue weighted by atomic mass is 35.5. The number of halogens is 3. The Labute approximate surface area is 69.6 Å². The van der Waals surface area contributed by atoms with Gasteiger partial charge in [0.25, 0.3) is 0 Å². The number of nitrogens with zero attached hydrogens (tertiary/aromatic N) is 1. The highest BCUT2D eigenvalue weighted by molar-refractivity contribution is 6.16. The second kappa shape index (κ2) is 4.47. The highest BCUT2D eigenvalue weighted by Crippen LogP contribution is 2.04. The molecule has 0 aliphatic heterocycles. The van der Waals surface area contributed by atoms with E-state index in [1.165, 1.54) is 18.3 Å². The van der Waals surface area contributed by atoms with Gasteiger partial charge in [-0.15, -0.1) is 24.0 Å². The molecule has 0 spiro atoms. The number of rotatable bonds is 1. The molecule has 4 heteroatoms. The molecule has 1 rings (SSSR count). The van der Waals surface area contributed by atoms with Crippen LogP contribution in [-0.4, -0.2) is 4.98 Å². The number of alkyl halides is 1. The Morgan fingerprint density at radius 1 is 1.60 bits per heavy atom. The Bertz CT molecular complexity index is 205. The highest BCUT2D eigenvalue weighted by Gasteiger charge is 1.97. The molecule has 1 aromatic heterocycles. The third-order valence-electron chi connectivity index (χ3n) is 0.961. The minimum atomic E-state index is -0.340. The summed E-state index contributed by atoms with van der Waals surface area (Å²) in [4.78, 5) is 3.69. The van der Waals surface area contributed by atoms with Crippen LogP contribution in [0.1, 0.15) is 5.69 Å². The summed E-state index contributed by atoms with van der Waals surface area (Å²) in [7, 11) is 0. The molecule has 0 fully saturated rings. The van der Waals surface area contributed by atoms with Gasteiger partial charge in [-0.3, -0.25) is 4.98 Å². The molecule has 0 unspecified atom stereocenters. The average Bonchev–Trinajstić information content (AvgIpc) is 1.89. The maximum absolute atomic E-state index is 12.4.